The molecule has 98 valence electrons. The molecule has 0 saturated carbocycles. The Bertz CT molecular complexity index is 421. The number of hydrogen-bond donors (Lipinski definition) is 2. The van der Waals surface area contributed by atoms with Gasteiger partial charge in [0.05, 0.1) is 19.1 Å². The third kappa shape index (κ3) is 2.73. The van der Waals surface area contributed by atoms with E-state index in [1.807, 2.05) is 24.3 Å². The normalized spacial score (nSPS) is 22.7. The lowest BCUT2D eigenvalue weighted by atomic mass is 10.0. The molecule has 2 atom stereocenters. The van der Waals surface area contributed by atoms with Gasteiger partial charge in [0.2, 0.25) is 0 Å². The van der Waals surface area contributed by atoms with Crippen molar-refractivity contribution >= 4 is 5.97 Å². The van der Waals surface area contributed by atoms with Crippen molar-refractivity contribution in [1.29, 1.82) is 0 Å². The fourth-order valence-electron chi connectivity index (χ4n) is 2.16. The molecule has 5 nitrogen and oxygen atoms in total. The van der Waals surface area contributed by atoms with Gasteiger partial charge >= 0.3 is 5.97 Å². The van der Waals surface area contributed by atoms with E-state index in [0.717, 1.165) is 6.54 Å². The van der Waals surface area contributed by atoms with E-state index in [2.05, 4.69) is 5.32 Å². The highest BCUT2D eigenvalue weighted by atomic mass is 16.5. The van der Waals surface area contributed by atoms with E-state index >= 15 is 0 Å². The molecule has 2 N–H and O–H groups in total. The van der Waals surface area contributed by atoms with Crippen LogP contribution >= 0.6 is 0 Å². The largest absolute Gasteiger partial charge is 0.493 e. The molecule has 0 spiro atoms. The van der Waals surface area contributed by atoms with Crippen LogP contribution in [0.25, 0.3) is 0 Å². The first-order valence-corrected chi connectivity index (χ1v) is 5.94. The van der Waals surface area contributed by atoms with E-state index in [4.69, 9.17) is 14.6 Å². The minimum atomic E-state index is -0.770. The van der Waals surface area contributed by atoms with E-state index in [0.29, 0.717) is 24.5 Å². The van der Waals surface area contributed by atoms with Crippen molar-refractivity contribution < 1.29 is 19.4 Å². The summed E-state index contributed by atoms with van der Waals surface area (Å²) in [4.78, 5) is 11.0. The number of para-hydroxylation sites is 2. The van der Waals surface area contributed by atoms with E-state index in [-0.39, 0.29) is 12.0 Å². The lowest BCUT2D eigenvalue weighted by Gasteiger charge is -2.17. The van der Waals surface area contributed by atoms with E-state index in [9.17, 15) is 4.79 Å². The lowest BCUT2D eigenvalue weighted by molar-refractivity contribution is -0.142. The topological polar surface area (TPSA) is 67.8 Å². The van der Waals surface area contributed by atoms with Crippen molar-refractivity contribution in [3.63, 3.8) is 0 Å². The number of rotatable bonds is 5. The van der Waals surface area contributed by atoms with Crippen LogP contribution in [0.1, 0.15) is 6.42 Å². The number of benzene rings is 1. The molecule has 2 rings (SSSR count). The van der Waals surface area contributed by atoms with Crippen LogP contribution < -0.4 is 14.8 Å². The Kier molecular flexibility index (Phi) is 4.04. The van der Waals surface area contributed by atoms with Crippen LogP contribution in [0.5, 0.6) is 11.5 Å². The minimum absolute atomic E-state index is 0.146. The lowest BCUT2D eigenvalue weighted by Crippen LogP contribution is -2.36. The number of methoxy groups -OCH3 is 1. The van der Waals surface area contributed by atoms with Crippen LogP contribution in [0.4, 0.5) is 0 Å². The molecular formula is C13H17NO4. The Morgan fingerprint density at radius 3 is 2.83 bits per heavy atom. The first-order valence-electron chi connectivity index (χ1n) is 5.94. The Morgan fingerprint density at radius 2 is 2.17 bits per heavy atom. The number of aliphatic carboxylic acids is 1. The van der Waals surface area contributed by atoms with Gasteiger partial charge in [0, 0.05) is 0 Å². The Balaban J connectivity index is 1.97. The molecule has 1 aromatic carbocycles. The zero-order chi connectivity index (χ0) is 13.0. The summed E-state index contributed by atoms with van der Waals surface area (Å²) in [6.07, 6.45) is 0.648. The maximum Gasteiger partial charge on any atom is 0.308 e. The van der Waals surface area contributed by atoms with E-state index in [1.54, 1.807) is 7.11 Å². The molecule has 1 heterocycles. The third-order valence-electron chi connectivity index (χ3n) is 3.15. The van der Waals surface area contributed by atoms with Gasteiger partial charge in [-0.1, -0.05) is 12.1 Å². The Hall–Kier alpha value is -1.75. The number of hydrogen-bond acceptors (Lipinski definition) is 4. The fourth-order valence-corrected chi connectivity index (χ4v) is 2.16. The van der Waals surface area contributed by atoms with Gasteiger partial charge < -0.3 is 19.9 Å². The number of carboxylic acid groups (broad SMARTS) is 1. The molecule has 0 radical (unpaired) electrons. The zero-order valence-corrected chi connectivity index (χ0v) is 10.3. The van der Waals surface area contributed by atoms with Gasteiger partial charge in [0.25, 0.3) is 0 Å². The molecule has 0 amide bonds. The maximum absolute atomic E-state index is 11.0. The molecule has 1 fully saturated rings. The summed E-state index contributed by atoms with van der Waals surface area (Å²) in [5.74, 6) is 0.147. The van der Waals surface area contributed by atoms with Crippen LogP contribution in [0.3, 0.4) is 0 Å². The second-order valence-corrected chi connectivity index (χ2v) is 4.26. The maximum atomic E-state index is 11.0. The number of carboxylic acids is 1. The highest BCUT2D eigenvalue weighted by Crippen LogP contribution is 2.26. The van der Waals surface area contributed by atoms with Crippen molar-refractivity contribution in [1.82, 2.24) is 5.32 Å². The summed E-state index contributed by atoms with van der Waals surface area (Å²) in [6, 6.07) is 7.19. The standard InChI is InChI=1S/C13H17NO4/c1-17-11-4-2-3-5-12(11)18-8-10-9(13(15)16)6-7-14-10/h2-5,9-10,14H,6-8H2,1H3,(H,15,16). The molecule has 0 aliphatic carbocycles. The molecule has 0 aromatic heterocycles. The van der Waals surface area contributed by atoms with Gasteiger partial charge in [0.1, 0.15) is 6.61 Å². The molecule has 1 aliphatic heterocycles. The van der Waals surface area contributed by atoms with Crippen molar-refractivity contribution in [3.8, 4) is 11.5 Å². The molecule has 1 aromatic rings. The van der Waals surface area contributed by atoms with Crippen molar-refractivity contribution in [2.45, 2.75) is 12.5 Å². The fraction of sp³-hybridized carbons (Fsp3) is 0.462. The molecule has 0 bridgehead atoms. The van der Waals surface area contributed by atoms with Crippen LogP contribution in [0, 0.1) is 5.92 Å². The van der Waals surface area contributed by atoms with Crippen LogP contribution in [0.15, 0.2) is 24.3 Å². The SMILES string of the molecule is COc1ccccc1OCC1NCCC1C(=O)O. The van der Waals surface area contributed by atoms with Gasteiger partial charge in [-0.3, -0.25) is 4.79 Å². The quantitative estimate of drug-likeness (QED) is 0.821. The summed E-state index contributed by atoms with van der Waals surface area (Å²) in [7, 11) is 1.58. The first kappa shape index (κ1) is 12.7. The Morgan fingerprint density at radius 1 is 1.44 bits per heavy atom. The molecule has 1 aliphatic rings. The Labute approximate surface area is 106 Å². The van der Waals surface area contributed by atoms with Crippen molar-refractivity contribution in [2.24, 2.45) is 5.92 Å². The monoisotopic (exact) mass is 251 g/mol. The smallest absolute Gasteiger partial charge is 0.308 e. The van der Waals surface area contributed by atoms with Gasteiger partial charge in [-0.2, -0.15) is 0 Å². The third-order valence-corrected chi connectivity index (χ3v) is 3.15. The van der Waals surface area contributed by atoms with Crippen molar-refractivity contribution in [3.05, 3.63) is 24.3 Å². The first-order chi connectivity index (χ1) is 8.72. The highest BCUT2D eigenvalue weighted by Gasteiger charge is 2.33. The number of ether oxygens (including phenoxy) is 2. The minimum Gasteiger partial charge on any atom is -0.493 e. The number of nitrogens with one attached hydrogen (secondary N) is 1. The van der Waals surface area contributed by atoms with Crippen LogP contribution in [0.2, 0.25) is 0 Å². The molecule has 18 heavy (non-hydrogen) atoms. The summed E-state index contributed by atoms with van der Waals surface area (Å²) in [5.41, 5.74) is 0. The number of carbonyl (C=O) groups is 1. The average Bonchev–Trinajstić information content (AvgIpc) is 2.85. The summed E-state index contributed by atoms with van der Waals surface area (Å²) >= 11 is 0. The van der Waals surface area contributed by atoms with Gasteiger partial charge in [-0.05, 0) is 25.1 Å². The van der Waals surface area contributed by atoms with E-state index in [1.165, 1.54) is 0 Å². The predicted octanol–water partition coefficient (Wildman–Crippen LogP) is 1.14. The van der Waals surface area contributed by atoms with E-state index < -0.39 is 5.97 Å². The van der Waals surface area contributed by atoms with Crippen molar-refractivity contribution in [2.75, 3.05) is 20.3 Å². The summed E-state index contributed by atoms with van der Waals surface area (Å²) in [6.45, 7) is 1.05. The zero-order valence-electron chi connectivity index (χ0n) is 10.3. The van der Waals surface area contributed by atoms with Gasteiger partial charge in [0.15, 0.2) is 11.5 Å². The molecule has 2 unspecified atom stereocenters. The average molecular weight is 251 g/mol. The second kappa shape index (κ2) is 5.73. The van der Waals surface area contributed by atoms with Crippen LogP contribution in [-0.2, 0) is 4.79 Å². The summed E-state index contributed by atoms with van der Waals surface area (Å²) in [5, 5.41) is 12.2. The molecule has 1 saturated heterocycles. The molecule has 5 heteroatoms. The van der Waals surface area contributed by atoms with Gasteiger partial charge in [-0.15, -0.1) is 0 Å². The second-order valence-electron chi connectivity index (χ2n) is 4.26. The summed E-state index contributed by atoms with van der Waals surface area (Å²) < 4.78 is 10.8. The predicted molar refractivity (Wildman–Crippen MR) is 66.0 cm³/mol. The molecular weight excluding hydrogens is 234 g/mol. The highest BCUT2D eigenvalue weighted by molar-refractivity contribution is 5.71. The van der Waals surface area contributed by atoms with Gasteiger partial charge in [-0.25, -0.2) is 0 Å². The van der Waals surface area contributed by atoms with Crippen LogP contribution in [-0.4, -0.2) is 37.4 Å².